The number of benzene rings is 1. The number of nitrogens with zero attached hydrogens (tertiary/aromatic N) is 7. The van der Waals surface area contributed by atoms with Crippen LogP contribution in [0.5, 0.6) is 0 Å². The summed E-state index contributed by atoms with van der Waals surface area (Å²) in [6.45, 7) is -5.07. The van der Waals surface area contributed by atoms with Gasteiger partial charge >= 0.3 is 14.5 Å². The van der Waals surface area contributed by atoms with Crippen LogP contribution in [-0.4, -0.2) is 87.9 Å². The summed E-state index contributed by atoms with van der Waals surface area (Å²) in [7, 11) is -4.92. The lowest BCUT2D eigenvalue weighted by Gasteiger charge is -2.44. The molecule has 0 spiro atoms. The number of imidazole rings is 1. The molecule has 2 saturated heterocycles. The molecule has 9 atom stereocenters. The number of phosphoric ester groups is 1. The van der Waals surface area contributed by atoms with Gasteiger partial charge < -0.3 is 35.0 Å². The van der Waals surface area contributed by atoms with Gasteiger partial charge in [0.1, 0.15) is 29.6 Å². The number of nitrogen functional groups attached to an aromatic ring is 1. The average Bonchev–Trinajstić information content (AvgIpc) is 3.66. The molecule has 18 nitrogen and oxygen atoms in total. The van der Waals surface area contributed by atoms with Gasteiger partial charge in [-0.3, -0.25) is 18.4 Å². The molecule has 6 N–H and O–H groups in total. The smallest absolute Gasteiger partial charge is 0.382 e. The number of rotatable bonds is 3. The van der Waals surface area contributed by atoms with Crippen LogP contribution in [0, 0.1) is 5.92 Å². The van der Waals surface area contributed by atoms with Crippen molar-refractivity contribution in [1.82, 2.24) is 34.5 Å². The second-order valence-corrected chi connectivity index (χ2v) is 14.6. The van der Waals surface area contributed by atoms with Crippen molar-refractivity contribution in [1.29, 1.82) is 0 Å². The molecule has 4 aromatic rings. The highest BCUT2D eigenvalue weighted by atomic mass is 32.5. The number of hydrogen-bond donors (Lipinski definition) is 4. The zero-order valence-electron chi connectivity index (χ0n) is 22.3. The van der Waals surface area contributed by atoms with Gasteiger partial charge in [0.05, 0.1) is 42.8 Å². The largest absolute Gasteiger partial charge is 0.472 e. The standard InChI is InChI=1S/C22H24FN9O9P2S/c23-14-13-6-38-43(36,44)41-17-9(4-12(17)32-11-3-1-2-10(20(25)33)15(11)29-30-32)5-37-42(34,35)40-18(14)22(39-13)31-8-28-16-19(24)26-7-27-21(16)31/h1-3,7-9,12-14,17-18,22H,4-6H2,(H2,25,33)(H,34,35)(H,36,44)(H2,24,26,27)/t9-,12-,13-,14-,17-,18-,22-,43?/m1/s1. The summed E-state index contributed by atoms with van der Waals surface area (Å²) in [5.74, 6) is -1.25. The monoisotopic (exact) mass is 671 g/mol. The number of ether oxygens (including phenoxy) is 1. The fourth-order valence-electron chi connectivity index (χ4n) is 5.61. The Morgan fingerprint density at radius 1 is 1.11 bits per heavy atom. The highest BCUT2D eigenvalue weighted by Crippen LogP contribution is 2.57. The van der Waals surface area contributed by atoms with Crippen LogP contribution in [0.2, 0.25) is 0 Å². The Morgan fingerprint density at radius 3 is 2.73 bits per heavy atom. The molecule has 1 aromatic carbocycles. The van der Waals surface area contributed by atoms with E-state index in [9.17, 15) is 19.1 Å². The Labute approximate surface area is 251 Å². The van der Waals surface area contributed by atoms with Crippen LogP contribution in [0.1, 0.15) is 29.0 Å². The van der Waals surface area contributed by atoms with Crippen molar-refractivity contribution >= 4 is 60.3 Å². The zero-order valence-corrected chi connectivity index (χ0v) is 24.9. The number of amides is 1. The Morgan fingerprint density at radius 2 is 1.93 bits per heavy atom. The molecule has 5 heterocycles. The molecule has 44 heavy (non-hydrogen) atoms. The van der Waals surface area contributed by atoms with Gasteiger partial charge in [0.15, 0.2) is 23.9 Å². The Bertz CT molecular complexity index is 1880. The number of anilines is 1. The minimum absolute atomic E-state index is 0.0536. The van der Waals surface area contributed by atoms with E-state index in [4.69, 9.17) is 46.1 Å². The minimum atomic E-state index is -4.92. The van der Waals surface area contributed by atoms with Crippen LogP contribution in [0.3, 0.4) is 0 Å². The molecule has 3 fully saturated rings. The third-order valence-corrected chi connectivity index (χ3v) is 10.3. The Balaban J connectivity index is 1.18. The van der Waals surface area contributed by atoms with Gasteiger partial charge in [-0.1, -0.05) is 11.3 Å². The number of aromatic nitrogens is 7. The molecule has 3 aromatic heterocycles. The van der Waals surface area contributed by atoms with Gasteiger partial charge in [-0.05, 0) is 30.4 Å². The van der Waals surface area contributed by atoms with Gasteiger partial charge in [0.2, 0.25) is 0 Å². The van der Waals surface area contributed by atoms with Crippen molar-refractivity contribution < 1.29 is 46.4 Å². The minimum Gasteiger partial charge on any atom is -0.382 e. The normalized spacial score (nSPS) is 36.2. The molecular formula is C22H24FN9O9P2S. The number of carbonyl (C=O) groups is 1. The summed E-state index contributed by atoms with van der Waals surface area (Å²) < 4.78 is 59.5. The molecule has 2 aliphatic heterocycles. The highest BCUT2D eigenvalue weighted by Gasteiger charge is 2.53. The van der Waals surface area contributed by atoms with Gasteiger partial charge in [0.25, 0.3) is 5.91 Å². The van der Waals surface area contributed by atoms with Crippen molar-refractivity contribution in [3.8, 4) is 0 Å². The first-order chi connectivity index (χ1) is 20.9. The second kappa shape index (κ2) is 10.8. The first kappa shape index (κ1) is 29.7. The van der Waals surface area contributed by atoms with E-state index in [2.05, 4.69) is 25.3 Å². The number of nitrogens with two attached hydrogens (primary N) is 2. The molecule has 2 unspecified atom stereocenters. The average molecular weight is 672 g/mol. The van der Waals surface area contributed by atoms with E-state index in [1.807, 2.05) is 0 Å². The summed E-state index contributed by atoms with van der Waals surface area (Å²) in [5, 5.41) is 8.22. The zero-order chi connectivity index (χ0) is 31.0. The van der Waals surface area contributed by atoms with E-state index in [1.165, 1.54) is 28.0 Å². The highest BCUT2D eigenvalue weighted by molar-refractivity contribution is 8.07. The lowest BCUT2D eigenvalue weighted by Crippen LogP contribution is -2.47. The fourth-order valence-corrected chi connectivity index (χ4v) is 8.08. The first-order valence-electron chi connectivity index (χ1n) is 13.1. The van der Waals surface area contributed by atoms with Gasteiger partial charge in [0, 0.05) is 5.92 Å². The van der Waals surface area contributed by atoms with Crippen molar-refractivity contribution in [3.05, 3.63) is 36.4 Å². The summed E-state index contributed by atoms with van der Waals surface area (Å²) in [5.41, 5.74) is 12.5. The quantitative estimate of drug-likeness (QED) is 0.221. The van der Waals surface area contributed by atoms with Gasteiger partial charge in [-0.15, -0.1) is 5.10 Å². The van der Waals surface area contributed by atoms with E-state index in [0.717, 1.165) is 0 Å². The number of alkyl halides is 1. The number of primary amides is 1. The summed E-state index contributed by atoms with van der Waals surface area (Å²) in [6, 6.07) is 4.18. The maximum atomic E-state index is 15.8. The third-order valence-electron chi connectivity index (χ3n) is 7.76. The molecule has 0 radical (unpaired) electrons. The summed E-state index contributed by atoms with van der Waals surface area (Å²) in [4.78, 5) is 45.6. The van der Waals surface area contributed by atoms with E-state index in [-0.39, 0.29) is 34.5 Å². The third kappa shape index (κ3) is 5.10. The van der Waals surface area contributed by atoms with Gasteiger partial charge in [-0.25, -0.2) is 28.6 Å². The number of carbonyl (C=O) groups excluding carboxylic acids is 1. The van der Waals surface area contributed by atoms with Crippen LogP contribution in [0.15, 0.2) is 30.9 Å². The molecule has 1 aliphatic carbocycles. The van der Waals surface area contributed by atoms with Crippen molar-refractivity contribution in [3.63, 3.8) is 0 Å². The lowest BCUT2D eigenvalue weighted by atomic mass is 9.77. The molecular weight excluding hydrogens is 647 g/mol. The van der Waals surface area contributed by atoms with Crippen LogP contribution >= 0.6 is 14.5 Å². The van der Waals surface area contributed by atoms with Crippen molar-refractivity contribution in [2.45, 2.75) is 43.2 Å². The topological polar surface area (TPSA) is 247 Å². The second-order valence-electron chi connectivity index (χ2n) is 10.4. The van der Waals surface area contributed by atoms with Crippen LogP contribution in [0.4, 0.5) is 10.2 Å². The number of fused-ring (bicyclic) bond motifs is 5. The van der Waals surface area contributed by atoms with E-state index >= 15 is 4.39 Å². The SMILES string of the molecule is NC(=O)c1cccc2c1nnn2[C@@H]1C[C@@H]2COP(=O)(O)O[C@@H]3[C@H](F)[C@@H](COP(O)(=S)O[C@H]21)O[C@H]3n1cnc2c(N)ncnc21. The number of hydrogen-bond acceptors (Lipinski definition) is 14. The molecule has 234 valence electrons. The lowest BCUT2D eigenvalue weighted by molar-refractivity contribution is -0.0733. The Hall–Kier alpha value is -3.03. The molecule has 3 aliphatic rings. The molecule has 22 heteroatoms. The fraction of sp³-hybridized carbons (Fsp3) is 0.455. The van der Waals surface area contributed by atoms with Crippen molar-refractivity contribution in [2.75, 3.05) is 18.9 Å². The number of phosphoric acid groups is 1. The maximum Gasteiger partial charge on any atom is 0.472 e. The summed E-state index contributed by atoms with van der Waals surface area (Å²) >= 11 is 5.26. The first-order valence-corrected chi connectivity index (χ1v) is 17.2. The predicted molar refractivity (Wildman–Crippen MR) is 150 cm³/mol. The molecule has 2 bridgehead atoms. The van der Waals surface area contributed by atoms with Crippen LogP contribution < -0.4 is 11.5 Å². The van der Waals surface area contributed by atoms with Crippen LogP contribution in [-0.2, 0) is 39.2 Å². The Kier molecular flexibility index (Phi) is 7.28. The van der Waals surface area contributed by atoms with E-state index in [1.54, 1.807) is 12.1 Å². The van der Waals surface area contributed by atoms with Gasteiger partial charge in [-0.2, -0.15) is 0 Å². The molecule has 1 saturated carbocycles. The maximum absolute atomic E-state index is 15.8. The van der Waals surface area contributed by atoms with Crippen LogP contribution in [0.25, 0.3) is 22.2 Å². The summed E-state index contributed by atoms with van der Waals surface area (Å²) in [6.07, 6.45) is -4.81. The molecule has 1 amide bonds. The molecule has 7 rings (SSSR count). The van der Waals surface area contributed by atoms with Crippen molar-refractivity contribution in [2.24, 2.45) is 11.7 Å². The van der Waals surface area contributed by atoms with E-state index in [0.29, 0.717) is 5.52 Å². The number of halogens is 1. The predicted octanol–water partition coefficient (Wildman–Crippen LogP) is 0.883. The van der Waals surface area contributed by atoms with E-state index < -0.39 is 76.3 Å².